The molecule has 0 fully saturated rings. The van der Waals surface area contributed by atoms with E-state index in [1.807, 2.05) is 32.0 Å². The SMILES string of the molecule is COCCn1c(C)cc(C(=O)CSCc2ccc(C(=O)OC)cc2)c1C. The van der Waals surface area contributed by atoms with Gasteiger partial charge in [-0.15, -0.1) is 11.8 Å². The lowest BCUT2D eigenvalue weighted by molar-refractivity contribution is 0.0600. The van der Waals surface area contributed by atoms with Gasteiger partial charge in [0, 0.05) is 36.4 Å². The van der Waals surface area contributed by atoms with Gasteiger partial charge in [0.05, 0.1) is 25.0 Å². The van der Waals surface area contributed by atoms with E-state index in [9.17, 15) is 9.59 Å². The Morgan fingerprint density at radius 3 is 2.42 bits per heavy atom. The van der Waals surface area contributed by atoms with Crippen LogP contribution in [0.1, 0.15) is 37.7 Å². The van der Waals surface area contributed by atoms with E-state index in [0.717, 1.165) is 34.8 Å². The highest BCUT2D eigenvalue weighted by Gasteiger charge is 2.15. The summed E-state index contributed by atoms with van der Waals surface area (Å²) in [5, 5.41) is 0. The molecule has 6 heteroatoms. The Balaban J connectivity index is 1.92. The number of methoxy groups -OCH3 is 2. The van der Waals surface area contributed by atoms with Crippen molar-refractivity contribution in [2.45, 2.75) is 26.1 Å². The maximum absolute atomic E-state index is 12.6. The summed E-state index contributed by atoms with van der Waals surface area (Å²) in [6.45, 7) is 5.36. The van der Waals surface area contributed by atoms with Gasteiger partial charge in [0.1, 0.15) is 0 Å². The Labute approximate surface area is 158 Å². The van der Waals surface area contributed by atoms with Crippen molar-refractivity contribution in [3.8, 4) is 0 Å². The number of rotatable bonds is 9. The maximum Gasteiger partial charge on any atom is 0.337 e. The fourth-order valence-corrected chi connectivity index (χ4v) is 3.68. The minimum atomic E-state index is -0.344. The molecule has 2 rings (SSSR count). The third kappa shape index (κ3) is 4.99. The lowest BCUT2D eigenvalue weighted by Gasteiger charge is -2.08. The number of carbonyl (C=O) groups is 2. The van der Waals surface area contributed by atoms with Crippen LogP contribution in [-0.2, 0) is 21.8 Å². The number of aryl methyl sites for hydroxylation is 1. The first-order valence-electron chi connectivity index (χ1n) is 8.41. The summed E-state index contributed by atoms with van der Waals surface area (Å²) in [6.07, 6.45) is 0. The minimum Gasteiger partial charge on any atom is -0.465 e. The summed E-state index contributed by atoms with van der Waals surface area (Å²) >= 11 is 1.57. The average molecular weight is 375 g/mol. The monoisotopic (exact) mass is 375 g/mol. The van der Waals surface area contributed by atoms with Crippen LogP contribution >= 0.6 is 11.8 Å². The molecular formula is C20H25NO4S. The van der Waals surface area contributed by atoms with E-state index >= 15 is 0 Å². The standard InChI is InChI=1S/C20H25NO4S/c1-14-11-18(15(2)21(14)9-10-24-3)19(22)13-26-12-16-5-7-17(8-6-16)20(23)25-4/h5-8,11H,9-10,12-13H2,1-4H3. The highest BCUT2D eigenvalue weighted by Crippen LogP contribution is 2.20. The quantitative estimate of drug-likeness (QED) is 0.495. The fourth-order valence-electron chi connectivity index (χ4n) is 2.80. The number of nitrogens with zero attached hydrogens (tertiary/aromatic N) is 1. The molecule has 0 spiro atoms. The van der Waals surface area contributed by atoms with E-state index in [2.05, 4.69) is 9.30 Å². The first kappa shape index (κ1) is 20.3. The molecule has 0 aliphatic carbocycles. The lowest BCUT2D eigenvalue weighted by Crippen LogP contribution is -2.09. The first-order chi connectivity index (χ1) is 12.5. The highest BCUT2D eigenvalue weighted by molar-refractivity contribution is 7.99. The van der Waals surface area contributed by atoms with E-state index in [1.165, 1.54) is 7.11 Å². The number of thioether (sulfide) groups is 1. The molecule has 0 amide bonds. The molecule has 0 radical (unpaired) electrons. The highest BCUT2D eigenvalue weighted by atomic mass is 32.2. The minimum absolute atomic E-state index is 0.137. The number of ketones is 1. The number of carbonyl (C=O) groups excluding carboxylic acids is 2. The Kier molecular flexibility index (Phi) is 7.48. The number of Topliss-reactive ketones (excluding diaryl/α,β-unsaturated/α-hetero) is 1. The summed E-state index contributed by atoms with van der Waals surface area (Å²) in [6, 6.07) is 9.22. The number of benzene rings is 1. The Morgan fingerprint density at radius 2 is 1.81 bits per heavy atom. The van der Waals surface area contributed by atoms with Crippen molar-refractivity contribution in [3.63, 3.8) is 0 Å². The van der Waals surface area contributed by atoms with Crippen molar-refractivity contribution < 1.29 is 19.1 Å². The molecule has 1 aromatic heterocycles. The van der Waals surface area contributed by atoms with E-state index in [1.54, 1.807) is 31.0 Å². The van der Waals surface area contributed by atoms with Gasteiger partial charge in [-0.2, -0.15) is 0 Å². The van der Waals surface area contributed by atoms with Crippen molar-refractivity contribution in [3.05, 3.63) is 58.4 Å². The topological polar surface area (TPSA) is 57.5 Å². The molecule has 0 aliphatic heterocycles. The third-order valence-corrected chi connectivity index (χ3v) is 5.27. The molecule has 0 saturated heterocycles. The van der Waals surface area contributed by atoms with Gasteiger partial charge in [0.15, 0.2) is 5.78 Å². The molecule has 0 atom stereocenters. The van der Waals surface area contributed by atoms with Crippen molar-refractivity contribution in [2.24, 2.45) is 0 Å². The molecule has 0 unspecified atom stereocenters. The zero-order chi connectivity index (χ0) is 19.1. The van der Waals surface area contributed by atoms with Crippen molar-refractivity contribution in [2.75, 3.05) is 26.6 Å². The van der Waals surface area contributed by atoms with Crippen LogP contribution in [0.2, 0.25) is 0 Å². The normalized spacial score (nSPS) is 10.8. The molecule has 0 aliphatic rings. The van der Waals surface area contributed by atoms with Crippen molar-refractivity contribution >= 4 is 23.5 Å². The lowest BCUT2D eigenvalue weighted by atomic mass is 10.1. The van der Waals surface area contributed by atoms with Crippen LogP contribution in [0.3, 0.4) is 0 Å². The Morgan fingerprint density at radius 1 is 1.12 bits per heavy atom. The van der Waals surface area contributed by atoms with Gasteiger partial charge >= 0.3 is 5.97 Å². The number of hydrogen-bond acceptors (Lipinski definition) is 5. The molecule has 2 aromatic rings. The number of ether oxygens (including phenoxy) is 2. The molecule has 1 heterocycles. The van der Waals surface area contributed by atoms with Crippen LogP contribution in [0, 0.1) is 13.8 Å². The predicted molar refractivity (Wildman–Crippen MR) is 104 cm³/mol. The summed E-state index contributed by atoms with van der Waals surface area (Å²) in [4.78, 5) is 24.0. The van der Waals surface area contributed by atoms with Gasteiger partial charge in [-0.05, 0) is 37.6 Å². The summed E-state index contributed by atoms with van der Waals surface area (Å²) in [7, 11) is 3.04. The third-order valence-electron chi connectivity index (χ3n) is 4.27. The largest absolute Gasteiger partial charge is 0.465 e. The average Bonchev–Trinajstić information content (AvgIpc) is 2.93. The fraction of sp³-hybridized carbons (Fsp3) is 0.400. The number of esters is 1. The van der Waals surface area contributed by atoms with Crippen LogP contribution in [0.25, 0.3) is 0 Å². The molecule has 26 heavy (non-hydrogen) atoms. The maximum atomic E-state index is 12.6. The van der Waals surface area contributed by atoms with Gasteiger partial charge in [-0.25, -0.2) is 4.79 Å². The van der Waals surface area contributed by atoms with E-state index < -0.39 is 0 Å². The van der Waals surface area contributed by atoms with E-state index in [-0.39, 0.29) is 11.8 Å². The van der Waals surface area contributed by atoms with Crippen LogP contribution < -0.4 is 0 Å². The van der Waals surface area contributed by atoms with Crippen molar-refractivity contribution in [1.82, 2.24) is 4.57 Å². The molecule has 5 nitrogen and oxygen atoms in total. The zero-order valence-corrected chi connectivity index (χ0v) is 16.5. The smallest absolute Gasteiger partial charge is 0.337 e. The Hall–Kier alpha value is -2.05. The Bertz CT molecular complexity index is 765. The predicted octanol–water partition coefficient (Wildman–Crippen LogP) is 3.65. The summed E-state index contributed by atoms with van der Waals surface area (Å²) in [5.41, 5.74) is 4.45. The van der Waals surface area contributed by atoms with Crippen molar-refractivity contribution in [1.29, 1.82) is 0 Å². The first-order valence-corrected chi connectivity index (χ1v) is 9.57. The van der Waals surface area contributed by atoms with Gasteiger partial charge in [0.2, 0.25) is 0 Å². The molecular weight excluding hydrogens is 350 g/mol. The molecule has 140 valence electrons. The van der Waals surface area contributed by atoms with Crippen LogP contribution in [0.4, 0.5) is 0 Å². The second-order valence-corrected chi connectivity index (χ2v) is 7.02. The molecule has 1 aromatic carbocycles. The summed E-state index contributed by atoms with van der Waals surface area (Å²) in [5.74, 6) is 0.935. The number of aromatic nitrogens is 1. The summed E-state index contributed by atoms with van der Waals surface area (Å²) < 4.78 is 11.9. The van der Waals surface area contributed by atoms with Crippen LogP contribution in [0.15, 0.2) is 30.3 Å². The van der Waals surface area contributed by atoms with E-state index in [0.29, 0.717) is 17.9 Å². The number of hydrogen-bond donors (Lipinski definition) is 0. The molecule has 0 N–H and O–H groups in total. The van der Waals surface area contributed by atoms with E-state index in [4.69, 9.17) is 4.74 Å². The van der Waals surface area contributed by atoms with Crippen LogP contribution in [0.5, 0.6) is 0 Å². The van der Waals surface area contributed by atoms with Crippen LogP contribution in [-0.4, -0.2) is 42.9 Å². The van der Waals surface area contributed by atoms with Gasteiger partial charge in [-0.1, -0.05) is 12.1 Å². The van der Waals surface area contributed by atoms with Gasteiger partial charge < -0.3 is 14.0 Å². The van der Waals surface area contributed by atoms with Gasteiger partial charge in [-0.3, -0.25) is 4.79 Å². The molecule has 0 bridgehead atoms. The second-order valence-electron chi connectivity index (χ2n) is 6.03. The second kappa shape index (κ2) is 9.59. The van der Waals surface area contributed by atoms with Gasteiger partial charge in [0.25, 0.3) is 0 Å². The molecule has 0 saturated carbocycles. The zero-order valence-electron chi connectivity index (χ0n) is 15.7.